The standard InChI is InChI=1S/C11H12Cl2O4/c1-6(11(14)16-3)17-10-5-9(15-2)7(12)4-8(10)13/h4-6H,1-3H3/t6-/m1/s1. The third-order valence-corrected chi connectivity index (χ3v) is 2.63. The summed E-state index contributed by atoms with van der Waals surface area (Å²) in [4.78, 5) is 11.2. The number of ether oxygens (including phenoxy) is 3. The van der Waals surface area contributed by atoms with Crippen LogP contribution in [0, 0.1) is 0 Å². The molecule has 0 amide bonds. The lowest BCUT2D eigenvalue weighted by Gasteiger charge is -2.15. The van der Waals surface area contributed by atoms with Crippen molar-refractivity contribution in [2.75, 3.05) is 14.2 Å². The van der Waals surface area contributed by atoms with Crippen LogP contribution in [-0.4, -0.2) is 26.3 Å². The van der Waals surface area contributed by atoms with Gasteiger partial charge in [-0.15, -0.1) is 0 Å². The number of carbonyl (C=O) groups excluding carboxylic acids is 1. The predicted molar refractivity (Wildman–Crippen MR) is 65.1 cm³/mol. The molecule has 6 heteroatoms. The first-order valence-electron chi connectivity index (χ1n) is 4.77. The number of halogens is 2. The molecule has 0 aliphatic heterocycles. The van der Waals surface area contributed by atoms with E-state index in [-0.39, 0.29) is 0 Å². The third kappa shape index (κ3) is 3.41. The fourth-order valence-corrected chi connectivity index (χ4v) is 1.67. The molecule has 1 aromatic carbocycles. The van der Waals surface area contributed by atoms with Crippen molar-refractivity contribution >= 4 is 29.2 Å². The van der Waals surface area contributed by atoms with Crippen molar-refractivity contribution in [3.63, 3.8) is 0 Å². The monoisotopic (exact) mass is 278 g/mol. The molecule has 17 heavy (non-hydrogen) atoms. The Kier molecular flexibility index (Phi) is 4.90. The van der Waals surface area contributed by atoms with Crippen molar-refractivity contribution in [1.82, 2.24) is 0 Å². The minimum Gasteiger partial charge on any atom is -0.495 e. The van der Waals surface area contributed by atoms with Gasteiger partial charge in [0, 0.05) is 6.07 Å². The first kappa shape index (κ1) is 13.9. The topological polar surface area (TPSA) is 44.8 Å². The lowest BCUT2D eigenvalue weighted by Crippen LogP contribution is -2.25. The van der Waals surface area contributed by atoms with Crippen LogP contribution in [0.15, 0.2) is 12.1 Å². The van der Waals surface area contributed by atoms with Gasteiger partial charge in [0.1, 0.15) is 11.5 Å². The molecular weight excluding hydrogens is 267 g/mol. The molecule has 0 unspecified atom stereocenters. The van der Waals surface area contributed by atoms with E-state index in [1.165, 1.54) is 26.4 Å². The second-order valence-corrected chi connectivity index (χ2v) is 4.01. The number of esters is 1. The quantitative estimate of drug-likeness (QED) is 0.795. The number of benzene rings is 1. The second kappa shape index (κ2) is 5.98. The lowest BCUT2D eigenvalue weighted by atomic mass is 10.3. The minimum absolute atomic E-state index is 0.298. The van der Waals surface area contributed by atoms with Crippen molar-refractivity contribution < 1.29 is 19.0 Å². The Bertz CT molecular complexity index is 420. The molecule has 0 spiro atoms. The SMILES string of the molecule is COC(=O)[C@@H](C)Oc1cc(OC)c(Cl)cc1Cl. The van der Waals surface area contributed by atoms with Crippen LogP contribution >= 0.6 is 23.2 Å². The van der Waals surface area contributed by atoms with E-state index < -0.39 is 12.1 Å². The summed E-state index contributed by atoms with van der Waals surface area (Å²) in [6.45, 7) is 1.56. The van der Waals surface area contributed by atoms with Crippen LogP contribution in [0.4, 0.5) is 0 Å². The average molecular weight is 279 g/mol. The maximum absolute atomic E-state index is 11.2. The van der Waals surface area contributed by atoms with E-state index in [9.17, 15) is 4.79 Å². The molecule has 0 N–H and O–H groups in total. The predicted octanol–water partition coefficient (Wildman–Crippen LogP) is 2.94. The highest BCUT2D eigenvalue weighted by Crippen LogP contribution is 2.36. The summed E-state index contributed by atoms with van der Waals surface area (Å²) in [6, 6.07) is 3.01. The summed E-state index contributed by atoms with van der Waals surface area (Å²) < 4.78 is 14.9. The first-order chi connectivity index (χ1) is 7.99. The van der Waals surface area contributed by atoms with E-state index in [0.29, 0.717) is 21.5 Å². The summed E-state index contributed by atoms with van der Waals surface area (Å²) in [6.07, 6.45) is -0.761. The largest absolute Gasteiger partial charge is 0.495 e. The van der Waals surface area contributed by atoms with Crippen molar-refractivity contribution in [3.8, 4) is 11.5 Å². The number of methoxy groups -OCH3 is 2. The highest BCUT2D eigenvalue weighted by molar-refractivity contribution is 6.36. The van der Waals surface area contributed by atoms with Gasteiger partial charge in [-0.2, -0.15) is 0 Å². The van der Waals surface area contributed by atoms with Crippen LogP contribution in [0.25, 0.3) is 0 Å². The molecule has 0 aliphatic carbocycles. The van der Waals surface area contributed by atoms with Gasteiger partial charge in [-0.3, -0.25) is 0 Å². The van der Waals surface area contributed by atoms with Crippen molar-refractivity contribution in [3.05, 3.63) is 22.2 Å². The normalized spacial score (nSPS) is 11.8. The number of hydrogen-bond acceptors (Lipinski definition) is 4. The molecule has 0 saturated carbocycles. The van der Waals surface area contributed by atoms with Gasteiger partial charge >= 0.3 is 5.97 Å². The lowest BCUT2D eigenvalue weighted by molar-refractivity contribution is -0.147. The highest BCUT2D eigenvalue weighted by atomic mass is 35.5. The molecule has 1 rings (SSSR count). The summed E-state index contributed by atoms with van der Waals surface area (Å²) >= 11 is 11.8. The Balaban J connectivity index is 2.94. The van der Waals surface area contributed by atoms with Crippen molar-refractivity contribution in [1.29, 1.82) is 0 Å². The number of hydrogen-bond donors (Lipinski definition) is 0. The summed E-state index contributed by atoms with van der Waals surface area (Å²) in [7, 11) is 2.76. The number of carbonyl (C=O) groups is 1. The van der Waals surface area contributed by atoms with E-state index in [2.05, 4.69) is 4.74 Å². The van der Waals surface area contributed by atoms with E-state index >= 15 is 0 Å². The fourth-order valence-electron chi connectivity index (χ4n) is 1.16. The van der Waals surface area contributed by atoms with E-state index in [1.807, 2.05) is 0 Å². The molecular formula is C11H12Cl2O4. The van der Waals surface area contributed by atoms with Crippen LogP contribution in [0.5, 0.6) is 11.5 Å². The molecule has 0 fully saturated rings. The summed E-state index contributed by atoms with van der Waals surface area (Å²) in [5, 5.41) is 0.669. The fraction of sp³-hybridized carbons (Fsp3) is 0.364. The van der Waals surface area contributed by atoms with Gasteiger partial charge < -0.3 is 14.2 Å². The maximum atomic E-state index is 11.2. The van der Waals surface area contributed by atoms with Crippen LogP contribution in [0.3, 0.4) is 0 Å². The van der Waals surface area contributed by atoms with Gasteiger partial charge in [0.05, 0.1) is 24.3 Å². The molecule has 0 aliphatic rings. The molecule has 0 aromatic heterocycles. The minimum atomic E-state index is -0.761. The average Bonchev–Trinajstić information content (AvgIpc) is 2.31. The van der Waals surface area contributed by atoms with E-state index in [0.717, 1.165) is 0 Å². The number of rotatable bonds is 4. The molecule has 0 radical (unpaired) electrons. The molecule has 94 valence electrons. The Morgan fingerprint density at radius 2 is 1.76 bits per heavy atom. The van der Waals surface area contributed by atoms with E-state index in [4.69, 9.17) is 32.7 Å². The zero-order chi connectivity index (χ0) is 13.0. The first-order valence-corrected chi connectivity index (χ1v) is 5.52. The summed E-state index contributed by atoms with van der Waals surface area (Å²) in [5.74, 6) is 0.240. The molecule has 0 saturated heterocycles. The van der Waals surface area contributed by atoms with Crippen molar-refractivity contribution in [2.24, 2.45) is 0 Å². The van der Waals surface area contributed by atoms with Gasteiger partial charge in [0.25, 0.3) is 0 Å². The van der Waals surface area contributed by atoms with Gasteiger partial charge in [-0.25, -0.2) is 4.79 Å². The van der Waals surface area contributed by atoms with Crippen LogP contribution in [0.1, 0.15) is 6.92 Å². The van der Waals surface area contributed by atoms with E-state index in [1.54, 1.807) is 6.92 Å². The van der Waals surface area contributed by atoms with Crippen LogP contribution in [0.2, 0.25) is 10.0 Å². The van der Waals surface area contributed by atoms with Gasteiger partial charge in [0.2, 0.25) is 0 Å². The molecule has 4 nitrogen and oxygen atoms in total. The van der Waals surface area contributed by atoms with Crippen molar-refractivity contribution in [2.45, 2.75) is 13.0 Å². The zero-order valence-corrected chi connectivity index (χ0v) is 11.1. The Morgan fingerprint density at radius 1 is 1.18 bits per heavy atom. The highest BCUT2D eigenvalue weighted by Gasteiger charge is 2.17. The molecule has 0 bridgehead atoms. The Morgan fingerprint density at radius 3 is 2.29 bits per heavy atom. The maximum Gasteiger partial charge on any atom is 0.346 e. The van der Waals surface area contributed by atoms with Crippen LogP contribution < -0.4 is 9.47 Å². The van der Waals surface area contributed by atoms with Gasteiger partial charge in [-0.1, -0.05) is 23.2 Å². The zero-order valence-electron chi connectivity index (χ0n) is 9.62. The Labute approximate surface area is 109 Å². The molecule has 0 heterocycles. The second-order valence-electron chi connectivity index (χ2n) is 3.20. The van der Waals surface area contributed by atoms with Gasteiger partial charge in [0.15, 0.2) is 6.10 Å². The van der Waals surface area contributed by atoms with Gasteiger partial charge in [-0.05, 0) is 13.0 Å². The smallest absolute Gasteiger partial charge is 0.346 e. The summed E-state index contributed by atoms with van der Waals surface area (Å²) in [5.41, 5.74) is 0. The van der Waals surface area contributed by atoms with Crippen LogP contribution in [-0.2, 0) is 9.53 Å². The Hall–Kier alpha value is -1.13. The molecule has 1 atom stereocenters. The third-order valence-electron chi connectivity index (χ3n) is 2.04. The molecule has 1 aromatic rings.